The maximum atomic E-state index is 11.2. The molecule has 2 heterocycles. The smallest absolute Gasteiger partial charge is 0.253 e. The van der Waals surface area contributed by atoms with E-state index in [0.29, 0.717) is 22.6 Å². The van der Waals surface area contributed by atoms with Gasteiger partial charge in [0.2, 0.25) is 5.89 Å². The van der Waals surface area contributed by atoms with Crippen molar-refractivity contribution in [3.05, 3.63) is 28.1 Å². The zero-order chi connectivity index (χ0) is 14.0. The molecule has 2 rings (SSSR count). The molecule has 0 atom stereocenters. The summed E-state index contributed by atoms with van der Waals surface area (Å²) in [5.41, 5.74) is 10.4. The number of thioether (sulfide) groups is 1. The van der Waals surface area contributed by atoms with E-state index in [0.717, 1.165) is 0 Å². The highest BCUT2D eigenvalue weighted by Gasteiger charge is 2.21. The number of H-pyrrole nitrogens is 1. The van der Waals surface area contributed by atoms with Crippen LogP contribution in [0.4, 0.5) is 5.82 Å². The minimum Gasteiger partial charge on any atom is -0.383 e. The molecule has 0 saturated carbocycles. The normalized spacial score (nSPS) is 11.7. The summed E-state index contributed by atoms with van der Waals surface area (Å²) in [6, 6.07) is 1.21. The summed E-state index contributed by atoms with van der Waals surface area (Å²) < 4.78 is 5.06. The average Bonchev–Trinajstić information content (AvgIpc) is 2.73. The molecule has 2 aromatic heterocycles. The third kappa shape index (κ3) is 3.55. The van der Waals surface area contributed by atoms with Crippen LogP contribution >= 0.6 is 11.8 Å². The Kier molecular flexibility index (Phi) is 3.58. The number of anilines is 1. The molecule has 0 saturated heterocycles. The highest BCUT2D eigenvalue weighted by Crippen LogP contribution is 2.19. The number of nitrogens with two attached hydrogens (primary N) is 2. The van der Waals surface area contributed by atoms with E-state index in [1.54, 1.807) is 13.8 Å². The van der Waals surface area contributed by atoms with Gasteiger partial charge in [0.1, 0.15) is 5.82 Å². The molecular formula is C10H14N6O2S. The minimum absolute atomic E-state index is 0.167. The quantitative estimate of drug-likeness (QED) is 0.535. The predicted molar refractivity (Wildman–Crippen MR) is 70.3 cm³/mol. The van der Waals surface area contributed by atoms with E-state index in [4.69, 9.17) is 16.0 Å². The number of nitrogens with one attached hydrogen (secondary N) is 1. The van der Waals surface area contributed by atoms with E-state index in [9.17, 15) is 4.79 Å². The van der Waals surface area contributed by atoms with Crippen LogP contribution in [0.15, 0.2) is 20.5 Å². The lowest BCUT2D eigenvalue weighted by atomic mass is 10.1. The van der Waals surface area contributed by atoms with Crippen molar-refractivity contribution in [2.24, 2.45) is 5.73 Å². The summed E-state index contributed by atoms with van der Waals surface area (Å²) >= 11 is 1.24. The fourth-order valence-corrected chi connectivity index (χ4v) is 1.95. The summed E-state index contributed by atoms with van der Waals surface area (Å²) in [5.74, 6) is 1.37. The van der Waals surface area contributed by atoms with Crippen LogP contribution in [0.1, 0.15) is 25.6 Å². The van der Waals surface area contributed by atoms with E-state index in [-0.39, 0.29) is 11.4 Å². The van der Waals surface area contributed by atoms with Crippen LogP contribution < -0.4 is 17.0 Å². The van der Waals surface area contributed by atoms with Crippen LogP contribution in [0.25, 0.3) is 0 Å². The summed E-state index contributed by atoms with van der Waals surface area (Å²) in [7, 11) is 0. The maximum Gasteiger partial charge on any atom is 0.253 e. The van der Waals surface area contributed by atoms with Gasteiger partial charge in [0.15, 0.2) is 11.0 Å². The van der Waals surface area contributed by atoms with Crippen molar-refractivity contribution in [3.8, 4) is 0 Å². The Labute approximate surface area is 113 Å². The van der Waals surface area contributed by atoms with Crippen molar-refractivity contribution >= 4 is 17.6 Å². The number of rotatable bonds is 4. The number of nitrogen functional groups attached to an aromatic ring is 1. The van der Waals surface area contributed by atoms with Gasteiger partial charge in [0.25, 0.3) is 5.56 Å². The Bertz CT molecular complexity index is 629. The molecule has 0 aliphatic heterocycles. The molecule has 0 spiro atoms. The van der Waals surface area contributed by atoms with E-state index in [1.165, 1.54) is 17.8 Å². The molecule has 0 bridgehead atoms. The van der Waals surface area contributed by atoms with Crippen LogP contribution in [0.5, 0.6) is 0 Å². The van der Waals surface area contributed by atoms with Gasteiger partial charge in [-0.05, 0) is 13.8 Å². The Hall–Kier alpha value is -1.87. The molecule has 102 valence electrons. The number of aromatic amines is 1. The zero-order valence-electron chi connectivity index (χ0n) is 10.5. The number of hydrogen-bond acceptors (Lipinski definition) is 8. The molecule has 0 aliphatic rings. The first-order chi connectivity index (χ1) is 8.84. The molecule has 9 heteroatoms. The third-order valence-corrected chi connectivity index (χ3v) is 2.97. The topological polar surface area (TPSA) is 137 Å². The highest BCUT2D eigenvalue weighted by atomic mass is 32.2. The monoisotopic (exact) mass is 282 g/mol. The van der Waals surface area contributed by atoms with Crippen LogP contribution in [-0.4, -0.2) is 20.1 Å². The summed E-state index contributed by atoms with van der Waals surface area (Å²) in [4.78, 5) is 21.9. The molecule has 0 radical (unpaired) electrons. The van der Waals surface area contributed by atoms with Gasteiger partial charge >= 0.3 is 0 Å². The van der Waals surface area contributed by atoms with Crippen LogP contribution in [0, 0.1) is 0 Å². The number of nitrogens with zero attached hydrogens (tertiary/aromatic N) is 3. The first-order valence-electron chi connectivity index (χ1n) is 5.46. The predicted octanol–water partition coefficient (Wildman–Crippen LogP) is 0.221. The third-order valence-electron chi connectivity index (χ3n) is 2.12. The fraction of sp³-hybridized carbons (Fsp3) is 0.400. The van der Waals surface area contributed by atoms with Crippen molar-refractivity contribution in [2.75, 3.05) is 5.73 Å². The minimum atomic E-state index is -0.657. The maximum absolute atomic E-state index is 11.2. The first-order valence-corrected chi connectivity index (χ1v) is 6.45. The Morgan fingerprint density at radius 2 is 2.21 bits per heavy atom. The lowest BCUT2D eigenvalue weighted by molar-refractivity contribution is 0.369. The summed E-state index contributed by atoms with van der Waals surface area (Å²) in [6.07, 6.45) is 0. The lowest BCUT2D eigenvalue weighted by Gasteiger charge is -2.11. The standard InChI is InChI=1S/C10H14N6O2S/c1-10(2,12)8-15-7(18-16-8)4-19-9-13-5(11)3-6(17)14-9/h3H,4,12H2,1-2H3,(H3,11,13,14,17). The second kappa shape index (κ2) is 5.02. The van der Waals surface area contributed by atoms with Crippen molar-refractivity contribution in [3.63, 3.8) is 0 Å². The van der Waals surface area contributed by atoms with Crippen molar-refractivity contribution in [1.29, 1.82) is 0 Å². The van der Waals surface area contributed by atoms with Crippen LogP contribution in [0.2, 0.25) is 0 Å². The Balaban J connectivity index is 2.06. The van der Waals surface area contributed by atoms with E-state index < -0.39 is 5.54 Å². The van der Waals surface area contributed by atoms with Gasteiger partial charge in [-0.2, -0.15) is 4.98 Å². The molecule has 0 aromatic carbocycles. The second-order valence-electron chi connectivity index (χ2n) is 4.50. The highest BCUT2D eigenvalue weighted by molar-refractivity contribution is 7.98. The Morgan fingerprint density at radius 3 is 2.79 bits per heavy atom. The van der Waals surface area contributed by atoms with Gasteiger partial charge < -0.3 is 21.0 Å². The molecule has 19 heavy (non-hydrogen) atoms. The SMILES string of the molecule is CC(C)(N)c1noc(CSc2nc(N)cc(=O)[nH]2)n1. The molecule has 0 unspecified atom stereocenters. The average molecular weight is 282 g/mol. The number of aromatic nitrogens is 4. The van der Waals surface area contributed by atoms with Gasteiger partial charge in [0, 0.05) is 6.07 Å². The number of hydrogen-bond donors (Lipinski definition) is 3. The van der Waals surface area contributed by atoms with E-state index in [2.05, 4.69) is 20.1 Å². The molecule has 8 nitrogen and oxygen atoms in total. The lowest BCUT2D eigenvalue weighted by Crippen LogP contribution is -2.30. The Morgan fingerprint density at radius 1 is 1.47 bits per heavy atom. The molecule has 2 aromatic rings. The van der Waals surface area contributed by atoms with Gasteiger partial charge in [-0.1, -0.05) is 16.9 Å². The zero-order valence-corrected chi connectivity index (χ0v) is 11.3. The van der Waals surface area contributed by atoms with Crippen molar-refractivity contribution in [1.82, 2.24) is 20.1 Å². The van der Waals surface area contributed by atoms with Crippen LogP contribution in [0.3, 0.4) is 0 Å². The molecule has 0 fully saturated rings. The molecular weight excluding hydrogens is 268 g/mol. The summed E-state index contributed by atoms with van der Waals surface area (Å²) in [5, 5.41) is 4.19. The van der Waals surface area contributed by atoms with Gasteiger partial charge in [-0.25, -0.2) is 4.98 Å². The molecule has 5 N–H and O–H groups in total. The van der Waals surface area contributed by atoms with Gasteiger partial charge in [-0.3, -0.25) is 4.79 Å². The van der Waals surface area contributed by atoms with E-state index in [1.807, 2.05) is 0 Å². The fourth-order valence-electron chi connectivity index (χ4n) is 1.23. The first kappa shape index (κ1) is 13.6. The van der Waals surface area contributed by atoms with E-state index >= 15 is 0 Å². The molecule has 0 aliphatic carbocycles. The molecule has 0 amide bonds. The van der Waals surface area contributed by atoms with Crippen LogP contribution in [-0.2, 0) is 11.3 Å². The largest absolute Gasteiger partial charge is 0.383 e. The summed E-state index contributed by atoms with van der Waals surface area (Å²) in [6.45, 7) is 3.57. The van der Waals surface area contributed by atoms with Gasteiger partial charge in [-0.15, -0.1) is 0 Å². The van der Waals surface area contributed by atoms with Gasteiger partial charge in [0.05, 0.1) is 11.3 Å². The van der Waals surface area contributed by atoms with Crippen molar-refractivity contribution in [2.45, 2.75) is 30.3 Å². The second-order valence-corrected chi connectivity index (χ2v) is 5.46. The van der Waals surface area contributed by atoms with Crippen molar-refractivity contribution < 1.29 is 4.52 Å².